The summed E-state index contributed by atoms with van der Waals surface area (Å²) >= 11 is 0. The topological polar surface area (TPSA) is 64.9 Å². The van der Waals surface area contributed by atoms with E-state index in [2.05, 4.69) is 10.6 Å². The van der Waals surface area contributed by atoms with Crippen LogP contribution in [0.15, 0.2) is 0 Å². The second-order valence-corrected chi connectivity index (χ2v) is 3.70. The van der Waals surface area contributed by atoms with Gasteiger partial charge in [0.2, 0.25) is 5.91 Å². The maximum atomic E-state index is 11.0. The number of carbonyl (C=O) groups excluding carboxylic acids is 1. The molecular formula is C10H17N3O. The molecule has 4 nitrogen and oxygen atoms in total. The minimum absolute atomic E-state index is 0.0971. The van der Waals surface area contributed by atoms with Crippen LogP contribution < -0.4 is 10.6 Å². The van der Waals surface area contributed by atoms with Gasteiger partial charge in [-0.25, -0.2) is 0 Å². The third kappa shape index (κ3) is 4.24. The summed E-state index contributed by atoms with van der Waals surface area (Å²) in [7, 11) is 0. The van der Waals surface area contributed by atoms with E-state index in [9.17, 15) is 4.79 Å². The van der Waals surface area contributed by atoms with Gasteiger partial charge in [-0.1, -0.05) is 19.3 Å². The van der Waals surface area contributed by atoms with E-state index in [1.807, 2.05) is 6.07 Å². The molecule has 0 radical (unpaired) electrons. The predicted molar refractivity (Wildman–Crippen MR) is 53.5 cm³/mol. The van der Waals surface area contributed by atoms with Crippen molar-refractivity contribution in [2.75, 3.05) is 19.6 Å². The maximum absolute atomic E-state index is 11.0. The highest BCUT2D eigenvalue weighted by Gasteiger charge is 2.16. The van der Waals surface area contributed by atoms with Gasteiger partial charge in [0.25, 0.3) is 0 Å². The summed E-state index contributed by atoms with van der Waals surface area (Å²) in [6.45, 7) is 1.34. The van der Waals surface area contributed by atoms with E-state index in [1.165, 1.54) is 25.7 Å². The number of hydrogen-bond acceptors (Lipinski definition) is 3. The van der Waals surface area contributed by atoms with E-state index >= 15 is 0 Å². The normalized spacial score (nSPS) is 15.6. The number of hydrogen-bond donors (Lipinski definition) is 2. The molecule has 0 aromatic heterocycles. The lowest BCUT2D eigenvalue weighted by atomic mass is 9.83. The number of nitrogens with zero attached hydrogens (tertiary/aromatic N) is 1. The zero-order valence-corrected chi connectivity index (χ0v) is 8.38. The molecule has 0 aliphatic heterocycles. The lowest BCUT2D eigenvalue weighted by Crippen LogP contribution is -2.35. The summed E-state index contributed by atoms with van der Waals surface area (Å²) in [6.07, 6.45) is 5.24. The molecule has 0 heterocycles. The van der Waals surface area contributed by atoms with E-state index in [0.29, 0.717) is 6.54 Å². The molecule has 0 bridgehead atoms. The van der Waals surface area contributed by atoms with Crippen molar-refractivity contribution in [1.29, 1.82) is 5.26 Å². The Balaban J connectivity index is 1.87. The number of nitriles is 1. The third-order valence-electron chi connectivity index (χ3n) is 2.60. The lowest BCUT2D eigenvalue weighted by molar-refractivity contribution is -0.120. The lowest BCUT2D eigenvalue weighted by Gasteiger charge is -2.25. The van der Waals surface area contributed by atoms with Crippen molar-refractivity contribution in [3.63, 3.8) is 0 Å². The van der Waals surface area contributed by atoms with Crippen molar-refractivity contribution < 1.29 is 4.79 Å². The molecule has 2 N–H and O–H groups in total. The summed E-state index contributed by atoms with van der Waals surface area (Å²) in [6, 6.07) is 1.87. The molecule has 0 atom stereocenters. The monoisotopic (exact) mass is 195 g/mol. The van der Waals surface area contributed by atoms with Gasteiger partial charge < -0.3 is 10.6 Å². The van der Waals surface area contributed by atoms with E-state index in [-0.39, 0.29) is 12.5 Å². The molecule has 0 saturated heterocycles. The Morgan fingerprint density at radius 1 is 1.50 bits per heavy atom. The number of nitrogens with one attached hydrogen (secondary N) is 2. The fraction of sp³-hybridized carbons (Fsp3) is 0.800. The van der Waals surface area contributed by atoms with Gasteiger partial charge in [-0.05, 0) is 18.9 Å². The van der Waals surface area contributed by atoms with Crippen LogP contribution >= 0.6 is 0 Å². The predicted octanol–water partition coefficient (Wildman–Crippen LogP) is 0.406. The highest BCUT2D eigenvalue weighted by molar-refractivity contribution is 5.78. The summed E-state index contributed by atoms with van der Waals surface area (Å²) in [4.78, 5) is 11.0. The van der Waals surface area contributed by atoms with Crippen LogP contribution in [0, 0.1) is 17.2 Å². The van der Waals surface area contributed by atoms with Crippen molar-refractivity contribution >= 4 is 5.91 Å². The van der Waals surface area contributed by atoms with Crippen molar-refractivity contribution in [2.45, 2.75) is 25.7 Å². The van der Waals surface area contributed by atoms with Crippen molar-refractivity contribution in [2.24, 2.45) is 5.92 Å². The number of rotatable bonds is 6. The van der Waals surface area contributed by atoms with Crippen molar-refractivity contribution in [1.82, 2.24) is 10.6 Å². The first kappa shape index (κ1) is 11.0. The van der Waals surface area contributed by atoms with Crippen molar-refractivity contribution in [3.05, 3.63) is 0 Å². The van der Waals surface area contributed by atoms with Crippen LogP contribution in [0.25, 0.3) is 0 Å². The van der Waals surface area contributed by atoms with E-state index < -0.39 is 0 Å². The first-order valence-electron chi connectivity index (χ1n) is 5.17. The van der Waals surface area contributed by atoms with Gasteiger partial charge in [-0.2, -0.15) is 5.26 Å². The second-order valence-electron chi connectivity index (χ2n) is 3.70. The average Bonchev–Trinajstić information content (AvgIpc) is 2.11. The molecule has 1 amide bonds. The molecule has 14 heavy (non-hydrogen) atoms. The van der Waals surface area contributed by atoms with Gasteiger partial charge in [-0.3, -0.25) is 4.79 Å². The first-order valence-corrected chi connectivity index (χ1v) is 5.17. The van der Waals surface area contributed by atoms with Gasteiger partial charge in [0.15, 0.2) is 0 Å². The molecule has 1 rings (SSSR count). The van der Waals surface area contributed by atoms with Gasteiger partial charge >= 0.3 is 0 Å². The highest BCUT2D eigenvalue weighted by Crippen LogP contribution is 2.28. The molecule has 0 aromatic rings. The van der Waals surface area contributed by atoms with Gasteiger partial charge in [-0.15, -0.1) is 0 Å². The van der Waals surface area contributed by atoms with E-state index in [1.54, 1.807) is 0 Å². The van der Waals surface area contributed by atoms with Crippen LogP contribution in [0.4, 0.5) is 0 Å². The minimum atomic E-state index is -0.0971. The number of carbonyl (C=O) groups is 1. The third-order valence-corrected chi connectivity index (χ3v) is 2.60. The Kier molecular flexibility index (Phi) is 5.02. The first-order chi connectivity index (χ1) is 6.83. The largest absolute Gasteiger partial charge is 0.342 e. The molecule has 1 fully saturated rings. The Labute approximate surface area is 84.7 Å². The quantitative estimate of drug-likeness (QED) is 0.476. The zero-order valence-electron chi connectivity index (χ0n) is 8.38. The Bertz CT molecular complexity index is 218. The molecule has 4 heteroatoms. The fourth-order valence-electron chi connectivity index (χ4n) is 1.49. The summed E-state index contributed by atoms with van der Waals surface area (Å²) in [5, 5.41) is 13.8. The molecule has 0 unspecified atom stereocenters. The summed E-state index contributed by atoms with van der Waals surface area (Å²) < 4.78 is 0. The van der Waals surface area contributed by atoms with Crippen LogP contribution in [0.3, 0.4) is 0 Å². The zero-order chi connectivity index (χ0) is 10.2. The van der Waals surface area contributed by atoms with Gasteiger partial charge in [0, 0.05) is 0 Å². The summed E-state index contributed by atoms with van der Waals surface area (Å²) in [5.41, 5.74) is 0. The SMILES string of the molecule is N#CCNC(=O)CNCCC1CCC1. The second kappa shape index (κ2) is 6.39. The highest BCUT2D eigenvalue weighted by atomic mass is 16.1. The molecule has 78 valence electrons. The molecule has 0 aromatic carbocycles. The van der Waals surface area contributed by atoms with E-state index in [4.69, 9.17) is 5.26 Å². The van der Waals surface area contributed by atoms with E-state index in [0.717, 1.165) is 12.5 Å². The smallest absolute Gasteiger partial charge is 0.234 e. The van der Waals surface area contributed by atoms with Crippen molar-refractivity contribution in [3.8, 4) is 6.07 Å². The molecule has 0 spiro atoms. The van der Waals surface area contributed by atoms with Crippen LogP contribution in [0.5, 0.6) is 0 Å². The van der Waals surface area contributed by atoms with Crippen LogP contribution in [0.2, 0.25) is 0 Å². The fourth-order valence-corrected chi connectivity index (χ4v) is 1.49. The summed E-state index contributed by atoms with van der Waals surface area (Å²) in [5.74, 6) is 0.782. The van der Waals surface area contributed by atoms with Gasteiger partial charge in [0.05, 0.1) is 12.6 Å². The molecular weight excluding hydrogens is 178 g/mol. The molecule has 1 aliphatic carbocycles. The molecule has 1 aliphatic rings. The average molecular weight is 195 g/mol. The molecule has 1 saturated carbocycles. The standard InChI is InChI=1S/C10H17N3O/c11-5-7-13-10(14)8-12-6-4-9-2-1-3-9/h9,12H,1-4,6-8H2,(H,13,14). The minimum Gasteiger partial charge on any atom is -0.342 e. The number of amides is 1. The van der Waals surface area contributed by atoms with Crippen LogP contribution in [0.1, 0.15) is 25.7 Å². The van der Waals surface area contributed by atoms with Crippen LogP contribution in [-0.4, -0.2) is 25.5 Å². The Morgan fingerprint density at radius 2 is 2.29 bits per heavy atom. The Hall–Kier alpha value is -1.08. The van der Waals surface area contributed by atoms with Gasteiger partial charge in [0.1, 0.15) is 6.54 Å². The Morgan fingerprint density at radius 3 is 2.86 bits per heavy atom. The van der Waals surface area contributed by atoms with Crippen LogP contribution in [-0.2, 0) is 4.79 Å². The maximum Gasteiger partial charge on any atom is 0.234 e.